The molecule has 0 rings (SSSR count). The van der Waals surface area contributed by atoms with Crippen molar-refractivity contribution in [1.82, 2.24) is 4.90 Å². The van der Waals surface area contributed by atoms with Crippen LogP contribution in [0.5, 0.6) is 0 Å². The molecule has 5 heteroatoms. The van der Waals surface area contributed by atoms with Gasteiger partial charge in [0.25, 0.3) is 0 Å². The molecule has 0 saturated heterocycles. The summed E-state index contributed by atoms with van der Waals surface area (Å²) in [5.41, 5.74) is 5.31. The average molecular weight is 155 g/mol. The minimum atomic E-state index is 0.0908. The van der Waals surface area contributed by atoms with Gasteiger partial charge in [-0.15, -0.1) is 0 Å². The highest BCUT2D eigenvalue weighted by molar-refractivity contribution is 5.95. The van der Waals surface area contributed by atoms with Crippen LogP contribution in [0, 0.1) is 5.41 Å². The van der Waals surface area contributed by atoms with E-state index >= 15 is 0 Å². The summed E-state index contributed by atoms with van der Waals surface area (Å²) >= 11 is 0. The summed E-state index contributed by atoms with van der Waals surface area (Å²) in [6.45, 7) is 1.74. The van der Waals surface area contributed by atoms with Crippen LogP contribution in [0.2, 0.25) is 0 Å². The van der Waals surface area contributed by atoms with E-state index in [0.29, 0.717) is 0 Å². The molecule has 0 saturated carbocycles. The lowest BCUT2D eigenvalue weighted by Gasteiger charge is -2.07. The smallest absolute Gasteiger partial charge is 0.222 e. The lowest BCUT2D eigenvalue weighted by atomic mass is 10.8. The van der Waals surface area contributed by atoms with Crippen molar-refractivity contribution in [3.8, 4) is 0 Å². The second-order valence-electron chi connectivity index (χ2n) is 2.08. The minimum absolute atomic E-state index is 0.0908. The first-order valence-electron chi connectivity index (χ1n) is 3.16. The Balaban J connectivity index is 4.19. The van der Waals surface area contributed by atoms with E-state index < -0.39 is 0 Å². The standard InChI is InChI=1S/C6H13N5/c1-4-9-5(7)10-6(8)11(2)3/h4H,1-3H3,(H3,7,8,10). The van der Waals surface area contributed by atoms with Gasteiger partial charge in [-0.2, -0.15) is 4.99 Å². The molecule has 62 valence electrons. The molecular weight excluding hydrogens is 142 g/mol. The molecular formula is C6H13N5. The van der Waals surface area contributed by atoms with E-state index in [-0.39, 0.29) is 11.9 Å². The molecule has 0 bridgehead atoms. The fourth-order valence-corrected chi connectivity index (χ4v) is 0.370. The topological polar surface area (TPSA) is 77.8 Å². The van der Waals surface area contributed by atoms with E-state index in [1.807, 2.05) is 0 Å². The number of aliphatic imine (C=N–C) groups is 2. The molecule has 0 aromatic rings. The van der Waals surface area contributed by atoms with Crippen molar-refractivity contribution in [3.05, 3.63) is 0 Å². The third-order valence-electron chi connectivity index (χ3n) is 0.905. The second-order valence-corrected chi connectivity index (χ2v) is 2.08. The first-order chi connectivity index (χ1) is 5.07. The molecule has 0 spiro atoms. The maximum atomic E-state index is 7.24. The van der Waals surface area contributed by atoms with Gasteiger partial charge < -0.3 is 10.6 Å². The van der Waals surface area contributed by atoms with Crippen LogP contribution < -0.4 is 5.73 Å². The van der Waals surface area contributed by atoms with Gasteiger partial charge in [-0.1, -0.05) is 0 Å². The van der Waals surface area contributed by atoms with Gasteiger partial charge in [0.2, 0.25) is 11.9 Å². The van der Waals surface area contributed by atoms with Gasteiger partial charge >= 0.3 is 0 Å². The normalized spacial score (nSPS) is 12.1. The second kappa shape index (κ2) is 4.43. The fraction of sp³-hybridized carbons (Fsp3) is 0.500. The van der Waals surface area contributed by atoms with Crippen LogP contribution in [0.3, 0.4) is 0 Å². The molecule has 0 aliphatic heterocycles. The maximum Gasteiger partial charge on any atom is 0.222 e. The predicted molar refractivity (Wildman–Crippen MR) is 47.2 cm³/mol. The van der Waals surface area contributed by atoms with Crippen LogP contribution in [0.4, 0.5) is 0 Å². The minimum Gasteiger partial charge on any atom is -0.368 e. The van der Waals surface area contributed by atoms with E-state index in [9.17, 15) is 0 Å². The monoisotopic (exact) mass is 155 g/mol. The van der Waals surface area contributed by atoms with Crippen molar-refractivity contribution in [2.75, 3.05) is 14.1 Å². The average Bonchev–Trinajstić information content (AvgIpc) is 1.87. The zero-order valence-corrected chi connectivity index (χ0v) is 7.00. The van der Waals surface area contributed by atoms with Crippen LogP contribution in [-0.4, -0.2) is 37.1 Å². The number of guanidine groups is 2. The number of nitrogens with two attached hydrogens (primary N) is 1. The molecule has 11 heavy (non-hydrogen) atoms. The van der Waals surface area contributed by atoms with Gasteiger partial charge in [0.05, 0.1) is 0 Å². The number of nitrogens with zero attached hydrogens (tertiary/aromatic N) is 3. The molecule has 0 aromatic carbocycles. The third kappa shape index (κ3) is 4.07. The maximum absolute atomic E-state index is 7.24. The Kier molecular flexibility index (Phi) is 3.87. The largest absolute Gasteiger partial charge is 0.368 e. The number of hydrogen-bond donors (Lipinski definition) is 2. The van der Waals surface area contributed by atoms with Crippen molar-refractivity contribution < 1.29 is 0 Å². The van der Waals surface area contributed by atoms with Crippen molar-refractivity contribution >= 4 is 18.1 Å². The summed E-state index contributed by atoms with van der Waals surface area (Å²) in [6, 6.07) is 0. The first-order valence-corrected chi connectivity index (χ1v) is 3.16. The quantitative estimate of drug-likeness (QED) is 0.378. The summed E-state index contributed by atoms with van der Waals surface area (Å²) < 4.78 is 0. The SMILES string of the molecule is CC=NC(N)=NC(=N)N(C)C. The highest BCUT2D eigenvalue weighted by Crippen LogP contribution is 1.81. The number of hydrogen-bond acceptors (Lipinski definition) is 1. The van der Waals surface area contributed by atoms with E-state index in [2.05, 4.69) is 9.98 Å². The van der Waals surface area contributed by atoms with E-state index in [4.69, 9.17) is 11.1 Å². The Morgan fingerprint density at radius 3 is 2.45 bits per heavy atom. The Bertz CT molecular complexity index is 191. The van der Waals surface area contributed by atoms with Gasteiger partial charge in [0.1, 0.15) is 0 Å². The van der Waals surface area contributed by atoms with Crippen LogP contribution in [0.15, 0.2) is 9.98 Å². The van der Waals surface area contributed by atoms with E-state index in [1.165, 1.54) is 11.1 Å². The fourth-order valence-electron chi connectivity index (χ4n) is 0.370. The molecule has 0 atom stereocenters. The molecule has 5 nitrogen and oxygen atoms in total. The van der Waals surface area contributed by atoms with Gasteiger partial charge in [-0.3, -0.25) is 5.41 Å². The molecule has 0 aliphatic rings. The Hall–Kier alpha value is -1.39. The molecule has 0 aliphatic carbocycles. The lowest BCUT2D eigenvalue weighted by molar-refractivity contribution is 0.609. The van der Waals surface area contributed by atoms with Gasteiger partial charge in [-0.25, -0.2) is 4.99 Å². The van der Waals surface area contributed by atoms with Crippen molar-refractivity contribution in [2.24, 2.45) is 15.7 Å². The highest BCUT2D eigenvalue weighted by atomic mass is 15.2. The van der Waals surface area contributed by atoms with Crippen molar-refractivity contribution in [1.29, 1.82) is 5.41 Å². The van der Waals surface area contributed by atoms with Crippen LogP contribution in [-0.2, 0) is 0 Å². The zero-order valence-electron chi connectivity index (χ0n) is 7.00. The Labute approximate surface area is 66.1 Å². The molecule has 0 amide bonds. The molecule has 0 aromatic heterocycles. The highest BCUT2D eigenvalue weighted by Gasteiger charge is 1.95. The molecule has 0 unspecified atom stereocenters. The Morgan fingerprint density at radius 1 is 1.55 bits per heavy atom. The summed E-state index contributed by atoms with van der Waals surface area (Å²) in [6.07, 6.45) is 1.53. The van der Waals surface area contributed by atoms with Crippen LogP contribution >= 0.6 is 0 Å². The van der Waals surface area contributed by atoms with Crippen molar-refractivity contribution in [3.63, 3.8) is 0 Å². The summed E-state index contributed by atoms with van der Waals surface area (Å²) in [7, 11) is 3.43. The van der Waals surface area contributed by atoms with Gasteiger partial charge in [0.15, 0.2) is 0 Å². The Morgan fingerprint density at radius 2 is 2.09 bits per heavy atom. The van der Waals surface area contributed by atoms with E-state index in [0.717, 1.165) is 0 Å². The lowest BCUT2D eigenvalue weighted by Crippen LogP contribution is -2.22. The molecule has 0 fully saturated rings. The van der Waals surface area contributed by atoms with Crippen LogP contribution in [0.25, 0.3) is 0 Å². The summed E-state index contributed by atoms with van der Waals surface area (Å²) in [5, 5.41) is 7.24. The predicted octanol–water partition coefficient (Wildman–Crippen LogP) is -0.112. The first kappa shape index (κ1) is 9.61. The van der Waals surface area contributed by atoms with Gasteiger partial charge in [-0.05, 0) is 6.92 Å². The number of rotatable bonds is 0. The summed E-state index contributed by atoms with van der Waals surface area (Å²) in [5.74, 6) is 0.194. The summed E-state index contributed by atoms with van der Waals surface area (Å²) in [4.78, 5) is 8.89. The van der Waals surface area contributed by atoms with E-state index in [1.54, 1.807) is 21.0 Å². The van der Waals surface area contributed by atoms with Gasteiger partial charge in [0, 0.05) is 20.3 Å². The number of nitrogens with one attached hydrogen (secondary N) is 1. The molecule has 3 N–H and O–H groups in total. The van der Waals surface area contributed by atoms with Crippen molar-refractivity contribution in [2.45, 2.75) is 6.92 Å². The molecule has 0 heterocycles. The molecule has 0 radical (unpaired) electrons. The zero-order chi connectivity index (χ0) is 8.85. The van der Waals surface area contributed by atoms with Crippen LogP contribution in [0.1, 0.15) is 6.92 Å². The third-order valence-corrected chi connectivity index (χ3v) is 0.905.